The molecule has 2 unspecified atom stereocenters. The van der Waals surface area contributed by atoms with Crippen molar-refractivity contribution >= 4 is 10.1 Å². The molecule has 7 heteroatoms. The molecule has 1 aliphatic rings. The van der Waals surface area contributed by atoms with Crippen molar-refractivity contribution < 1.29 is 26.8 Å². The predicted octanol–water partition coefficient (Wildman–Crippen LogP) is 3.99. The minimum Gasteiger partial charge on any atom is -0.497 e. The third kappa shape index (κ3) is 5.36. The summed E-state index contributed by atoms with van der Waals surface area (Å²) in [6, 6.07) is 12.7. The van der Waals surface area contributed by atoms with Gasteiger partial charge in [-0.05, 0) is 54.2 Å². The number of hydrogen-bond acceptors (Lipinski definition) is 6. The molecule has 3 rings (SSSR count). The van der Waals surface area contributed by atoms with Crippen LogP contribution in [0.2, 0.25) is 0 Å². The molecule has 0 aromatic heterocycles. The quantitative estimate of drug-likeness (QED) is 0.475. The Labute approximate surface area is 172 Å². The van der Waals surface area contributed by atoms with Crippen molar-refractivity contribution in [3.63, 3.8) is 0 Å². The maximum atomic E-state index is 12.3. The van der Waals surface area contributed by atoms with Gasteiger partial charge in [-0.1, -0.05) is 31.2 Å². The van der Waals surface area contributed by atoms with Crippen molar-refractivity contribution in [2.24, 2.45) is 0 Å². The van der Waals surface area contributed by atoms with Crippen LogP contribution >= 0.6 is 0 Å². The average Bonchev–Trinajstić information content (AvgIpc) is 2.86. The molecule has 0 radical (unpaired) electrons. The number of hydrogen-bond donors (Lipinski definition) is 0. The molecule has 0 bridgehead atoms. The van der Waals surface area contributed by atoms with Crippen molar-refractivity contribution in [2.75, 3.05) is 33.5 Å². The Hall–Kier alpha value is -1.93. The maximum absolute atomic E-state index is 12.3. The molecule has 0 fully saturated rings. The van der Waals surface area contributed by atoms with Crippen LogP contribution in [0.4, 0.5) is 0 Å². The fourth-order valence-electron chi connectivity index (χ4n) is 3.46. The van der Waals surface area contributed by atoms with E-state index in [0.29, 0.717) is 24.7 Å². The highest BCUT2D eigenvalue weighted by atomic mass is 32.2. The lowest BCUT2D eigenvalue weighted by molar-refractivity contribution is -0.0214. The molecule has 0 N–H and O–H groups in total. The van der Waals surface area contributed by atoms with Crippen molar-refractivity contribution in [1.29, 1.82) is 0 Å². The molecule has 6 nitrogen and oxygen atoms in total. The molecule has 0 amide bonds. The van der Waals surface area contributed by atoms with E-state index in [0.717, 1.165) is 17.7 Å². The lowest BCUT2D eigenvalue weighted by Crippen LogP contribution is -2.16. The lowest BCUT2D eigenvalue weighted by Gasteiger charge is -2.19. The van der Waals surface area contributed by atoms with Crippen LogP contribution in [0.25, 0.3) is 0 Å². The summed E-state index contributed by atoms with van der Waals surface area (Å²) in [5.41, 5.74) is 2.94. The summed E-state index contributed by atoms with van der Waals surface area (Å²) in [5, 5.41) is 0. The minimum absolute atomic E-state index is 0.0464. The second-order valence-corrected chi connectivity index (χ2v) is 8.74. The monoisotopic (exact) mass is 420 g/mol. The fraction of sp³-hybridized carbons (Fsp3) is 0.455. The Morgan fingerprint density at radius 2 is 1.90 bits per heavy atom. The van der Waals surface area contributed by atoms with Crippen LogP contribution < -0.4 is 4.74 Å². The average molecular weight is 421 g/mol. The van der Waals surface area contributed by atoms with Crippen molar-refractivity contribution in [3.05, 3.63) is 59.2 Å². The van der Waals surface area contributed by atoms with Gasteiger partial charge < -0.3 is 14.2 Å². The molecular formula is C22H28O6S. The first-order valence-electron chi connectivity index (χ1n) is 9.74. The van der Waals surface area contributed by atoms with Crippen LogP contribution in [0.1, 0.15) is 42.1 Å². The topological polar surface area (TPSA) is 71.1 Å². The van der Waals surface area contributed by atoms with Gasteiger partial charge in [0.2, 0.25) is 0 Å². The Morgan fingerprint density at radius 1 is 1.10 bits per heavy atom. The summed E-state index contributed by atoms with van der Waals surface area (Å²) in [6.07, 6.45) is 0.725. The summed E-state index contributed by atoms with van der Waals surface area (Å²) in [6.45, 7) is 5.00. The molecule has 29 heavy (non-hydrogen) atoms. The van der Waals surface area contributed by atoms with Gasteiger partial charge in [0.1, 0.15) is 11.9 Å². The highest BCUT2D eigenvalue weighted by Gasteiger charge is 2.24. The van der Waals surface area contributed by atoms with Gasteiger partial charge in [-0.2, -0.15) is 8.42 Å². The number of ether oxygens (including phenoxy) is 3. The molecule has 0 saturated heterocycles. The van der Waals surface area contributed by atoms with E-state index >= 15 is 0 Å². The molecular weight excluding hydrogens is 392 g/mol. The van der Waals surface area contributed by atoms with Crippen LogP contribution in [0.3, 0.4) is 0 Å². The van der Waals surface area contributed by atoms with Gasteiger partial charge in [-0.15, -0.1) is 0 Å². The summed E-state index contributed by atoms with van der Waals surface area (Å²) >= 11 is 0. The Balaban J connectivity index is 1.56. The van der Waals surface area contributed by atoms with Crippen LogP contribution in [-0.2, 0) is 23.8 Å². The Morgan fingerprint density at radius 3 is 2.66 bits per heavy atom. The first-order valence-corrected chi connectivity index (χ1v) is 11.2. The normalized spacial score (nSPS) is 19.4. The van der Waals surface area contributed by atoms with E-state index in [4.69, 9.17) is 18.4 Å². The van der Waals surface area contributed by atoms with E-state index in [1.807, 2.05) is 12.1 Å². The number of fused-ring (bicyclic) bond motifs is 1. The Kier molecular flexibility index (Phi) is 7.29. The molecule has 2 aromatic carbocycles. The van der Waals surface area contributed by atoms with Gasteiger partial charge in [0.25, 0.3) is 10.1 Å². The van der Waals surface area contributed by atoms with E-state index in [1.54, 1.807) is 32.2 Å². The van der Waals surface area contributed by atoms with Gasteiger partial charge in [-0.3, -0.25) is 4.18 Å². The van der Waals surface area contributed by atoms with Gasteiger partial charge in [-0.25, -0.2) is 0 Å². The molecule has 0 aliphatic carbocycles. The minimum atomic E-state index is -3.79. The van der Waals surface area contributed by atoms with Crippen LogP contribution in [0, 0.1) is 6.92 Å². The second kappa shape index (κ2) is 9.71. The Bertz CT molecular complexity index is 925. The van der Waals surface area contributed by atoms with E-state index < -0.39 is 10.1 Å². The predicted molar refractivity (Wildman–Crippen MR) is 110 cm³/mol. The standard InChI is InChI=1S/C22H28O6S/c1-16-10-11-27-21(19-9-8-18(25-3)14-20(16)19)15-26-12-13-28-29(23,24)22-7-5-4-6-17(22)2/h4-9,14,16,21H,10-13,15H2,1-3H3. The van der Waals surface area contributed by atoms with Gasteiger partial charge >= 0.3 is 0 Å². The first kappa shape index (κ1) is 21.8. The zero-order chi connectivity index (χ0) is 20.9. The third-order valence-corrected chi connectivity index (χ3v) is 6.61. The number of methoxy groups -OCH3 is 1. The van der Waals surface area contributed by atoms with Crippen LogP contribution in [0.15, 0.2) is 47.4 Å². The van der Waals surface area contributed by atoms with Gasteiger partial charge in [0, 0.05) is 6.61 Å². The van der Waals surface area contributed by atoms with Crippen molar-refractivity contribution in [1.82, 2.24) is 0 Å². The largest absolute Gasteiger partial charge is 0.497 e. The summed E-state index contributed by atoms with van der Waals surface area (Å²) < 4.78 is 46.8. The zero-order valence-electron chi connectivity index (χ0n) is 17.1. The lowest BCUT2D eigenvalue weighted by atomic mass is 9.92. The molecule has 2 aromatic rings. The zero-order valence-corrected chi connectivity index (χ0v) is 17.9. The second-order valence-electron chi connectivity index (χ2n) is 7.16. The molecule has 158 valence electrons. The highest BCUT2D eigenvalue weighted by Crippen LogP contribution is 2.35. The van der Waals surface area contributed by atoms with Crippen molar-refractivity contribution in [3.8, 4) is 5.75 Å². The third-order valence-electron chi connectivity index (χ3n) is 5.14. The molecule has 1 aliphatic heterocycles. The van der Waals surface area contributed by atoms with Crippen LogP contribution in [0.5, 0.6) is 5.75 Å². The molecule has 1 heterocycles. The number of rotatable bonds is 8. The van der Waals surface area contributed by atoms with Gasteiger partial charge in [0.05, 0.1) is 31.8 Å². The smallest absolute Gasteiger partial charge is 0.297 e. The number of aryl methyl sites for hydroxylation is 1. The van der Waals surface area contributed by atoms with Gasteiger partial charge in [0.15, 0.2) is 0 Å². The van der Waals surface area contributed by atoms with E-state index in [9.17, 15) is 8.42 Å². The highest BCUT2D eigenvalue weighted by molar-refractivity contribution is 7.86. The van der Waals surface area contributed by atoms with E-state index in [2.05, 4.69) is 13.0 Å². The van der Waals surface area contributed by atoms with E-state index in [1.165, 1.54) is 11.6 Å². The summed E-state index contributed by atoms with van der Waals surface area (Å²) in [4.78, 5) is 0.184. The summed E-state index contributed by atoms with van der Waals surface area (Å²) in [7, 11) is -2.13. The SMILES string of the molecule is COc1ccc2c(c1)C(C)CCOC2COCCOS(=O)(=O)c1ccccc1C. The number of benzene rings is 2. The fourth-order valence-corrected chi connectivity index (χ4v) is 4.59. The maximum Gasteiger partial charge on any atom is 0.297 e. The molecule has 0 saturated carbocycles. The first-order chi connectivity index (χ1) is 13.9. The van der Waals surface area contributed by atoms with E-state index in [-0.39, 0.29) is 24.2 Å². The molecule has 2 atom stereocenters. The van der Waals surface area contributed by atoms with Crippen LogP contribution in [-0.4, -0.2) is 42.0 Å². The van der Waals surface area contributed by atoms with Crippen molar-refractivity contribution in [2.45, 2.75) is 37.2 Å². The summed E-state index contributed by atoms with van der Waals surface area (Å²) in [5.74, 6) is 1.19. The molecule has 0 spiro atoms.